The van der Waals surface area contributed by atoms with E-state index < -0.39 is 0 Å². The molecule has 1 aliphatic heterocycles. The van der Waals surface area contributed by atoms with E-state index in [0.717, 1.165) is 22.9 Å². The van der Waals surface area contributed by atoms with Gasteiger partial charge in [-0.15, -0.1) is 0 Å². The summed E-state index contributed by atoms with van der Waals surface area (Å²) < 4.78 is 8.47. The molecule has 0 amide bonds. The van der Waals surface area contributed by atoms with Crippen molar-refractivity contribution in [2.24, 2.45) is 0 Å². The van der Waals surface area contributed by atoms with Crippen molar-refractivity contribution in [1.82, 2.24) is 14.9 Å². The van der Waals surface area contributed by atoms with E-state index in [1.165, 1.54) is 39.3 Å². The predicted octanol–water partition coefficient (Wildman–Crippen LogP) is 8.38. The van der Waals surface area contributed by atoms with Gasteiger partial charge in [-0.25, -0.2) is 0 Å². The summed E-state index contributed by atoms with van der Waals surface area (Å²) in [7, 11) is 0. The Balaban J connectivity index is 1.42. The number of ether oxygens (including phenoxy) is 1. The highest BCUT2D eigenvalue weighted by Gasteiger charge is 2.42. The Kier molecular flexibility index (Phi) is 7.10. The molecular formula is C35H34N4OS. The topological polar surface area (TPSA) is 42.3 Å². The second-order valence-electron chi connectivity index (χ2n) is 10.9. The molecule has 2 atom stereocenters. The molecule has 0 bridgehead atoms. The number of anilines is 1. The van der Waals surface area contributed by atoms with Gasteiger partial charge in [0, 0.05) is 29.0 Å². The summed E-state index contributed by atoms with van der Waals surface area (Å²) >= 11 is 5.99. The van der Waals surface area contributed by atoms with Gasteiger partial charge in [0.25, 0.3) is 0 Å². The number of hydrogen-bond acceptors (Lipinski definition) is 3. The maximum atomic E-state index is 6.11. The monoisotopic (exact) mass is 558 g/mol. The summed E-state index contributed by atoms with van der Waals surface area (Å²) in [6.45, 7) is 10.8. The Morgan fingerprint density at radius 2 is 1.46 bits per heavy atom. The summed E-state index contributed by atoms with van der Waals surface area (Å²) in [5.41, 5.74) is 10.4. The van der Waals surface area contributed by atoms with E-state index in [0.29, 0.717) is 5.11 Å². The van der Waals surface area contributed by atoms with E-state index in [1.54, 1.807) is 0 Å². The first kappa shape index (κ1) is 26.8. The lowest BCUT2D eigenvalue weighted by molar-refractivity contribution is 0.482. The van der Waals surface area contributed by atoms with Gasteiger partial charge in [0.2, 0.25) is 0 Å². The Hall–Kier alpha value is -4.42. The van der Waals surface area contributed by atoms with E-state index in [9.17, 15) is 0 Å². The van der Waals surface area contributed by atoms with E-state index >= 15 is 0 Å². The molecular weight excluding hydrogens is 524 g/mol. The highest BCUT2D eigenvalue weighted by molar-refractivity contribution is 7.80. The zero-order valence-corrected chi connectivity index (χ0v) is 24.9. The number of nitrogens with zero attached hydrogens (tertiary/aromatic N) is 3. The first-order valence-electron chi connectivity index (χ1n) is 13.9. The van der Waals surface area contributed by atoms with E-state index in [4.69, 9.17) is 21.9 Å². The molecule has 41 heavy (non-hydrogen) atoms. The fourth-order valence-corrected chi connectivity index (χ4v) is 6.13. The standard InChI is InChI=1S/C35H34N4OS/c1-22-10-15-28(16-11-22)40-29-17-13-27(14-18-29)39-34(33(37-35(39)41)31-8-6-7-19-36-31)30-21-25(4)38(26(30)5)32-20-23(2)9-12-24(32)3/h6-21,33-34H,1-5H3,(H,37,41)/t33-,34+/m0/s1. The highest BCUT2D eigenvalue weighted by atomic mass is 32.1. The van der Waals surface area contributed by atoms with Crippen LogP contribution in [0.4, 0.5) is 5.69 Å². The van der Waals surface area contributed by atoms with Crippen LogP contribution in [0, 0.1) is 34.6 Å². The van der Waals surface area contributed by atoms with Crippen molar-refractivity contribution in [3.8, 4) is 17.2 Å². The van der Waals surface area contributed by atoms with Gasteiger partial charge < -0.3 is 19.5 Å². The highest BCUT2D eigenvalue weighted by Crippen LogP contribution is 2.44. The molecule has 206 valence electrons. The van der Waals surface area contributed by atoms with Crippen LogP contribution < -0.4 is 15.0 Å². The predicted molar refractivity (Wildman–Crippen MR) is 170 cm³/mol. The number of rotatable bonds is 6. The molecule has 0 unspecified atom stereocenters. The van der Waals surface area contributed by atoms with Crippen LogP contribution >= 0.6 is 12.2 Å². The van der Waals surface area contributed by atoms with Gasteiger partial charge >= 0.3 is 0 Å². The van der Waals surface area contributed by atoms with Crippen molar-refractivity contribution in [2.45, 2.75) is 46.7 Å². The fourth-order valence-electron chi connectivity index (χ4n) is 5.78. The summed E-state index contributed by atoms with van der Waals surface area (Å²) in [5.74, 6) is 1.59. The summed E-state index contributed by atoms with van der Waals surface area (Å²) in [6.07, 6.45) is 1.84. The van der Waals surface area contributed by atoms with Gasteiger partial charge in [-0.05, 0) is 124 Å². The number of pyridine rings is 1. The molecule has 3 aromatic carbocycles. The Bertz CT molecular complexity index is 1710. The number of thiocarbonyl (C=S) groups is 1. The maximum Gasteiger partial charge on any atom is 0.174 e. The molecule has 1 saturated heterocycles. The molecule has 1 aliphatic rings. The largest absolute Gasteiger partial charge is 0.457 e. The van der Waals surface area contributed by atoms with Crippen LogP contribution in [0.3, 0.4) is 0 Å². The fraction of sp³-hybridized carbons (Fsp3) is 0.200. The van der Waals surface area contributed by atoms with Gasteiger partial charge in [0.05, 0.1) is 17.8 Å². The first-order chi connectivity index (χ1) is 19.8. The third-order valence-corrected chi connectivity index (χ3v) is 8.18. The summed E-state index contributed by atoms with van der Waals surface area (Å²) in [4.78, 5) is 6.96. The lowest BCUT2D eigenvalue weighted by atomic mass is 9.96. The van der Waals surface area contributed by atoms with E-state index in [-0.39, 0.29) is 12.1 Å². The van der Waals surface area contributed by atoms with Gasteiger partial charge in [0.1, 0.15) is 11.5 Å². The quantitative estimate of drug-likeness (QED) is 0.212. The molecule has 5 aromatic rings. The van der Waals surface area contributed by atoms with Crippen molar-refractivity contribution in [1.29, 1.82) is 0 Å². The van der Waals surface area contributed by atoms with Crippen LogP contribution in [0.25, 0.3) is 5.69 Å². The zero-order valence-electron chi connectivity index (χ0n) is 24.1. The number of aryl methyl sites for hydroxylation is 4. The van der Waals surface area contributed by atoms with Gasteiger partial charge in [0.15, 0.2) is 5.11 Å². The van der Waals surface area contributed by atoms with Crippen molar-refractivity contribution in [2.75, 3.05) is 4.90 Å². The van der Waals surface area contributed by atoms with Crippen LogP contribution in [0.15, 0.2) is 97.2 Å². The first-order valence-corrected chi connectivity index (χ1v) is 14.3. The number of benzene rings is 3. The second-order valence-corrected chi connectivity index (χ2v) is 11.2. The molecule has 0 aliphatic carbocycles. The summed E-state index contributed by atoms with van der Waals surface area (Å²) in [6, 6.07) is 31.0. The Morgan fingerprint density at radius 1 is 0.780 bits per heavy atom. The van der Waals surface area contributed by atoms with Gasteiger partial charge in [-0.1, -0.05) is 35.9 Å². The molecule has 5 nitrogen and oxygen atoms in total. The van der Waals surface area contributed by atoms with Crippen LogP contribution in [0.1, 0.15) is 51.4 Å². The maximum absolute atomic E-state index is 6.11. The van der Waals surface area contributed by atoms with Crippen LogP contribution in [-0.2, 0) is 0 Å². The second kappa shape index (κ2) is 10.9. The SMILES string of the molecule is Cc1ccc(Oc2ccc(N3C(=S)N[C@@H](c4ccccn4)[C@H]3c3cc(C)n(-c4cc(C)ccc4C)c3C)cc2)cc1. The summed E-state index contributed by atoms with van der Waals surface area (Å²) in [5, 5.41) is 4.27. The average Bonchev–Trinajstić information content (AvgIpc) is 3.47. The van der Waals surface area contributed by atoms with Gasteiger partial charge in [-0.3, -0.25) is 4.98 Å². The third kappa shape index (κ3) is 5.11. The van der Waals surface area contributed by atoms with E-state index in [1.807, 2.05) is 42.6 Å². The number of aromatic nitrogens is 2. The smallest absolute Gasteiger partial charge is 0.174 e. The average molecular weight is 559 g/mol. The Labute approximate surface area is 247 Å². The molecule has 6 heteroatoms. The molecule has 1 N–H and O–H groups in total. The van der Waals surface area contributed by atoms with Crippen molar-refractivity contribution >= 4 is 23.0 Å². The third-order valence-electron chi connectivity index (χ3n) is 7.86. The van der Waals surface area contributed by atoms with Crippen LogP contribution in [0.2, 0.25) is 0 Å². The molecule has 0 radical (unpaired) electrons. The molecule has 2 aromatic heterocycles. The number of hydrogen-bond donors (Lipinski definition) is 1. The minimum Gasteiger partial charge on any atom is -0.457 e. The molecule has 1 fully saturated rings. The molecule has 0 spiro atoms. The minimum atomic E-state index is -0.111. The molecule has 6 rings (SSSR count). The molecule has 3 heterocycles. The van der Waals surface area contributed by atoms with Crippen LogP contribution in [-0.4, -0.2) is 14.7 Å². The normalized spacial score (nSPS) is 16.6. The van der Waals surface area contributed by atoms with Crippen molar-refractivity contribution in [3.63, 3.8) is 0 Å². The lowest BCUT2D eigenvalue weighted by Crippen LogP contribution is -2.29. The van der Waals surface area contributed by atoms with Crippen LogP contribution in [0.5, 0.6) is 11.5 Å². The molecule has 0 saturated carbocycles. The lowest BCUT2D eigenvalue weighted by Gasteiger charge is -2.28. The van der Waals surface area contributed by atoms with E-state index in [2.05, 4.69) is 104 Å². The number of nitrogens with one attached hydrogen (secondary N) is 1. The minimum absolute atomic E-state index is 0.0914. The zero-order chi connectivity index (χ0) is 28.7. The Morgan fingerprint density at radius 3 is 2.15 bits per heavy atom. The van der Waals surface area contributed by atoms with Crippen molar-refractivity contribution in [3.05, 3.63) is 137 Å². The van der Waals surface area contributed by atoms with Gasteiger partial charge in [-0.2, -0.15) is 0 Å². The van der Waals surface area contributed by atoms with Crippen molar-refractivity contribution < 1.29 is 4.74 Å².